The number of carbonyl (C=O) groups excluding carboxylic acids is 1. The van der Waals surface area contributed by atoms with Crippen LogP contribution in [0.2, 0.25) is 5.02 Å². The summed E-state index contributed by atoms with van der Waals surface area (Å²) in [5, 5.41) is 3.26. The number of para-hydroxylation sites is 1. The number of hydrogen-bond donors (Lipinski definition) is 2. The molecule has 0 spiro atoms. The molecule has 2 aromatic rings. The smallest absolute Gasteiger partial charge is 0.227 e. The van der Waals surface area contributed by atoms with Gasteiger partial charge in [-0.15, -0.1) is 0 Å². The number of halogens is 1. The molecule has 0 atom stereocenters. The molecule has 0 heterocycles. The van der Waals surface area contributed by atoms with Gasteiger partial charge in [-0.1, -0.05) is 23.7 Å². The van der Waals surface area contributed by atoms with Crippen LogP contribution in [0.1, 0.15) is 12.0 Å². The first-order chi connectivity index (χ1) is 10.1. The number of benzene rings is 2. The number of ether oxygens (including phenoxy) is 1. The Balaban J connectivity index is 1.83. The molecule has 4 nitrogen and oxygen atoms in total. The fourth-order valence-electron chi connectivity index (χ4n) is 1.86. The van der Waals surface area contributed by atoms with E-state index in [-0.39, 0.29) is 12.3 Å². The maximum absolute atomic E-state index is 11.8. The lowest BCUT2D eigenvalue weighted by Gasteiger charge is -2.10. The Morgan fingerprint density at radius 2 is 2.05 bits per heavy atom. The number of rotatable bonds is 5. The molecule has 0 radical (unpaired) electrons. The minimum Gasteiger partial charge on any atom is -0.493 e. The Morgan fingerprint density at radius 3 is 2.76 bits per heavy atom. The van der Waals surface area contributed by atoms with E-state index in [1.165, 1.54) is 0 Å². The molecule has 0 unspecified atom stereocenters. The van der Waals surface area contributed by atoms with Crippen LogP contribution in [0.4, 0.5) is 11.4 Å². The lowest BCUT2D eigenvalue weighted by atomic mass is 10.2. The molecular weight excluding hydrogens is 288 g/mol. The van der Waals surface area contributed by atoms with Gasteiger partial charge < -0.3 is 15.8 Å². The Labute approximate surface area is 128 Å². The van der Waals surface area contributed by atoms with Crippen LogP contribution in [0.5, 0.6) is 5.75 Å². The third-order valence-corrected chi connectivity index (χ3v) is 3.26. The second kappa shape index (κ2) is 6.99. The molecule has 5 heteroatoms. The number of nitrogens with one attached hydrogen (secondary N) is 1. The molecule has 0 bridgehead atoms. The van der Waals surface area contributed by atoms with Crippen LogP contribution < -0.4 is 15.8 Å². The van der Waals surface area contributed by atoms with Crippen LogP contribution >= 0.6 is 11.6 Å². The zero-order chi connectivity index (χ0) is 15.2. The van der Waals surface area contributed by atoms with Gasteiger partial charge in [-0.05, 0) is 42.8 Å². The number of nitrogens with two attached hydrogens (primary N) is 1. The van der Waals surface area contributed by atoms with Crippen LogP contribution in [0.25, 0.3) is 0 Å². The van der Waals surface area contributed by atoms with Gasteiger partial charge in [0.25, 0.3) is 0 Å². The van der Waals surface area contributed by atoms with Crippen LogP contribution in [0, 0.1) is 6.92 Å². The first kappa shape index (κ1) is 15.2. The molecule has 0 aliphatic carbocycles. The number of amides is 1. The van der Waals surface area contributed by atoms with E-state index in [9.17, 15) is 4.79 Å². The Morgan fingerprint density at radius 1 is 1.29 bits per heavy atom. The van der Waals surface area contributed by atoms with Crippen molar-refractivity contribution < 1.29 is 9.53 Å². The summed E-state index contributed by atoms with van der Waals surface area (Å²) < 4.78 is 5.58. The number of anilines is 2. The molecule has 0 saturated carbocycles. The minimum absolute atomic E-state index is 0.142. The maximum atomic E-state index is 11.8. The van der Waals surface area contributed by atoms with Crippen molar-refractivity contribution in [1.82, 2.24) is 0 Å². The van der Waals surface area contributed by atoms with Gasteiger partial charge in [0, 0.05) is 5.69 Å². The van der Waals surface area contributed by atoms with Crippen molar-refractivity contribution in [2.45, 2.75) is 13.3 Å². The quantitative estimate of drug-likeness (QED) is 0.829. The average molecular weight is 305 g/mol. The minimum atomic E-state index is -0.142. The molecule has 3 N–H and O–H groups in total. The van der Waals surface area contributed by atoms with Gasteiger partial charge in [-0.25, -0.2) is 0 Å². The summed E-state index contributed by atoms with van der Waals surface area (Å²) in [6.45, 7) is 2.20. The standard InChI is InChI=1S/C16H17ClN2O2/c1-11-10-12(18)6-7-15(11)21-9-8-16(20)19-14-5-3-2-4-13(14)17/h2-7,10H,8-9,18H2,1H3,(H,19,20). The molecule has 0 aromatic heterocycles. The summed E-state index contributed by atoms with van der Waals surface area (Å²) in [4.78, 5) is 11.8. The van der Waals surface area contributed by atoms with E-state index in [1.807, 2.05) is 25.1 Å². The Hall–Kier alpha value is -2.20. The largest absolute Gasteiger partial charge is 0.493 e. The van der Waals surface area contributed by atoms with Gasteiger partial charge in [-0.2, -0.15) is 0 Å². The van der Waals surface area contributed by atoms with E-state index < -0.39 is 0 Å². The molecule has 0 fully saturated rings. The Kier molecular flexibility index (Phi) is 5.06. The van der Waals surface area contributed by atoms with Crippen molar-refractivity contribution >= 4 is 28.9 Å². The predicted octanol–water partition coefficient (Wildman–Crippen LogP) is 3.64. The zero-order valence-corrected chi connectivity index (χ0v) is 12.5. The van der Waals surface area contributed by atoms with Gasteiger partial charge >= 0.3 is 0 Å². The van der Waals surface area contributed by atoms with Crippen LogP contribution in [-0.2, 0) is 4.79 Å². The summed E-state index contributed by atoms with van der Waals surface area (Å²) in [6.07, 6.45) is 0.245. The van der Waals surface area contributed by atoms with Crippen LogP contribution in [-0.4, -0.2) is 12.5 Å². The van der Waals surface area contributed by atoms with E-state index in [0.29, 0.717) is 23.0 Å². The van der Waals surface area contributed by atoms with E-state index in [4.69, 9.17) is 22.1 Å². The molecule has 1 amide bonds. The normalized spacial score (nSPS) is 10.2. The highest BCUT2D eigenvalue weighted by atomic mass is 35.5. The average Bonchev–Trinajstić information content (AvgIpc) is 2.44. The van der Waals surface area contributed by atoms with Crippen molar-refractivity contribution in [3.05, 3.63) is 53.1 Å². The van der Waals surface area contributed by atoms with E-state index >= 15 is 0 Å². The number of hydrogen-bond acceptors (Lipinski definition) is 3. The molecule has 0 aliphatic rings. The van der Waals surface area contributed by atoms with Crippen molar-refractivity contribution in [2.75, 3.05) is 17.7 Å². The van der Waals surface area contributed by atoms with Gasteiger partial charge in [0.2, 0.25) is 5.91 Å². The summed E-state index contributed by atoms with van der Waals surface area (Å²) >= 11 is 5.98. The maximum Gasteiger partial charge on any atom is 0.227 e. The van der Waals surface area contributed by atoms with Crippen LogP contribution in [0.3, 0.4) is 0 Å². The lowest BCUT2D eigenvalue weighted by molar-refractivity contribution is -0.116. The number of aryl methyl sites for hydroxylation is 1. The van der Waals surface area contributed by atoms with Gasteiger partial charge in [0.1, 0.15) is 5.75 Å². The van der Waals surface area contributed by atoms with Crippen molar-refractivity contribution in [2.24, 2.45) is 0 Å². The Bertz CT molecular complexity index is 644. The second-order valence-corrected chi connectivity index (χ2v) is 5.06. The van der Waals surface area contributed by atoms with E-state index in [2.05, 4.69) is 5.32 Å². The molecule has 110 valence electrons. The fraction of sp³-hybridized carbons (Fsp3) is 0.188. The number of nitrogen functional groups attached to an aromatic ring is 1. The van der Waals surface area contributed by atoms with E-state index in [1.54, 1.807) is 24.3 Å². The fourth-order valence-corrected chi connectivity index (χ4v) is 2.05. The second-order valence-electron chi connectivity index (χ2n) is 4.65. The first-order valence-corrected chi connectivity index (χ1v) is 6.97. The van der Waals surface area contributed by atoms with Crippen molar-refractivity contribution in [3.63, 3.8) is 0 Å². The van der Waals surface area contributed by atoms with Gasteiger partial charge in [0.15, 0.2) is 0 Å². The predicted molar refractivity (Wildman–Crippen MR) is 85.8 cm³/mol. The molecular formula is C16H17ClN2O2. The molecule has 0 saturated heterocycles. The highest BCUT2D eigenvalue weighted by molar-refractivity contribution is 6.33. The van der Waals surface area contributed by atoms with Crippen molar-refractivity contribution in [1.29, 1.82) is 0 Å². The molecule has 21 heavy (non-hydrogen) atoms. The summed E-state index contributed by atoms with van der Waals surface area (Å²) in [7, 11) is 0. The lowest BCUT2D eigenvalue weighted by Crippen LogP contribution is -2.15. The van der Waals surface area contributed by atoms with E-state index in [0.717, 1.165) is 11.3 Å². The zero-order valence-electron chi connectivity index (χ0n) is 11.7. The summed E-state index contributed by atoms with van der Waals surface area (Å²) in [6, 6.07) is 12.5. The summed E-state index contributed by atoms with van der Waals surface area (Å²) in [5.74, 6) is 0.589. The monoisotopic (exact) mass is 304 g/mol. The third-order valence-electron chi connectivity index (χ3n) is 2.93. The van der Waals surface area contributed by atoms with Crippen LogP contribution in [0.15, 0.2) is 42.5 Å². The summed E-state index contributed by atoms with van der Waals surface area (Å²) in [5.41, 5.74) is 7.91. The SMILES string of the molecule is Cc1cc(N)ccc1OCCC(=O)Nc1ccccc1Cl. The molecule has 0 aliphatic heterocycles. The highest BCUT2D eigenvalue weighted by Crippen LogP contribution is 2.21. The highest BCUT2D eigenvalue weighted by Gasteiger charge is 2.06. The van der Waals surface area contributed by atoms with Gasteiger partial charge in [0.05, 0.1) is 23.7 Å². The topological polar surface area (TPSA) is 64.3 Å². The third kappa shape index (κ3) is 4.39. The van der Waals surface area contributed by atoms with Crippen molar-refractivity contribution in [3.8, 4) is 5.75 Å². The number of carbonyl (C=O) groups is 1. The molecule has 2 rings (SSSR count). The first-order valence-electron chi connectivity index (χ1n) is 6.59. The molecule has 2 aromatic carbocycles. The van der Waals surface area contributed by atoms with Gasteiger partial charge in [-0.3, -0.25) is 4.79 Å².